The van der Waals surface area contributed by atoms with E-state index in [0.29, 0.717) is 5.15 Å². The zero-order chi connectivity index (χ0) is 15.6. The highest BCUT2D eigenvalue weighted by Crippen LogP contribution is 2.26. The quantitative estimate of drug-likeness (QED) is 0.838. The molecule has 0 saturated heterocycles. The number of aromatic nitrogens is 2. The summed E-state index contributed by atoms with van der Waals surface area (Å²) >= 11 is 6.24. The zero-order valence-corrected chi connectivity index (χ0v) is 14.0. The smallest absolute Gasteiger partial charge is 0.137 e. The summed E-state index contributed by atoms with van der Waals surface area (Å²) in [6.07, 6.45) is 0. The minimum Gasteiger partial charge on any atom is -0.366 e. The number of rotatable bonds is 3. The molecule has 2 rings (SSSR count). The molecule has 1 aromatic carbocycles. The van der Waals surface area contributed by atoms with Crippen molar-refractivity contribution in [2.24, 2.45) is 0 Å². The third kappa shape index (κ3) is 3.94. The number of hydrogen-bond acceptors (Lipinski definition) is 3. The van der Waals surface area contributed by atoms with Gasteiger partial charge in [0, 0.05) is 17.5 Å². The molecule has 0 aliphatic rings. The van der Waals surface area contributed by atoms with Crippen LogP contribution < -0.4 is 5.32 Å². The number of nitrogens with one attached hydrogen (secondary N) is 1. The molecule has 0 amide bonds. The third-order valence-corrected chi connectivity index (χ3v) is 3.71. The Bertz CT molecular complexity index is 628. The van der Waals surface area contributed by atoms with Crippen LogP contribution in [0.5, 0.6) is 0 Å². The number of hydrogen-bond donors (Lipinski definition) is 1. The van der Waals surface area contributed by atoms with Crippen molar-refractivity contribution >= 4 is 17.4 Å². The molecule has 0 bridgehead atoms. The molecule has 1 heterocycles. The first-order valence-corrected chi connectivity index (χ1v) is 7.49. The van der Waals surface area contributed by atoms with Crippen molar-refractivity contribution < 1.29 is 0 Å². The molecule has 0 aliphatic carbocycles. The molecule has 4 heteroatoms. The highest BCUT2D eigenvalue weighted by molar-refractivity contribution is 6.30. The maximum Gasteiger partial charge on any atom is 0.137 e. The van der Waals surface area contributed by atoms with E-state index in [1.807, 2.05) is 6.92 Å². The lowest BCUT2D eigenvalue weighted by Gasteiger charge is -2.19. The van der Waals surface area contributed by atoms with E-state index in [1.165, 1.54) is 11.1 Å². The van der Waals surface area contributed by atoms with Gasteiger partial charge >= 0.3 is 0 Å². The summed E-state index contributed by atoms with van der Waals surface area (Å²) in [5.74, 6) is 1.56. The van der Waals surface area contributed by atoms with E-state index >= 15 is 0 Å². The van der Waals surface area contributed by atoms with E-state index in [4.69, 9.17) is 11.6 Å². The largest absolute Gasteiger partial charge is 0.366 e. The van der Waals surface area contributed by atoms with Crippen molar-refractivity contribution in [3.05, 3.63) is 51.9 Å². The third-order valence-electron chi connectivity index (χ3n) is 3.34. The van der Waals surface area contributed by atoms with Crippen LogP contribution in [0, 0.1) is 13.8 Å². The predicted octanol–water partition coefficient (Wildman–Crippen LogP) is 4.66. The standard InChI is InChI=1S/C17H22ClN3/c1-11-6-8-13(9-7-11)10-19-15-12(2)14(18)20-16(21-15)17(3,4)5/h6-9H,10H2,1-5H3,(H,19,20,21). The highest BCUT2D eigenvalue weighted by atomic mass is 35.5. The van der Waals surface area contributed by atoms with Crippen molar-refractivity contribution in [2.45, 2.75) is 46.6 Å². The lowest BCUT2D eigenvalue weighted by atomic mass is 9.95. The molecule has 0 aliphatic heterocycles. The fourth-order valence-corrected chi connectivity index (χ4v) is 2.06. The molecule has 112 valence electrons. The van der Waals surface area contributed by atoms with Gasteiger partial charge in [-0.1, -0.05) is 62.2 Å². The average molecular weight is 304 g/mol. The summed E-state index contributed by atoms with van der Waals surface area (Å²) < 4.78 is 0. The molecule has 21 heavy (non-hydrogen) atoms. The number of nitrogens with zero attached hydrogens (tertiary/aromatic N) is 2. The van der Waals surface area contributed by atoms with Crippen LogP contribution in [0.25, 0.3) is 0 Å². The van der Waals surface area contributed by atoms with Crippen molar-refractivity contribution in [3.63, 3.8) is 0 Å². The number of benzene rings is 1. The van der Waals surface area contributed by atoms with Crippen molar-refractivity contribution in [1.82, 2.24) is 9.97 Å². The van der Waals surface area contributed by atoms with Gasteiger partial charge < -0.3 is 5.32 Å². The summed E-state index contributed by atoms with van der Waals surface area (Å²) in [4.78, 5) is 9.02. The van der Waals surface area contributed by atoms with Crippen LogP contribution in [-0.4, -0.2) is 9.97 Å². The van der Waals surface area contributed by atoms with Crippen LogP contribution in [0.1, 0.15) is 43.3 Å². The van der Waals surface area contributed by atoms with E-state index in [2.05, 4.69) is 67.2 Å². The van der Waals surface area contributed by atoms with Gasteiger partial charge in [0.25, 0.3) is 0 Å². The SMILES string of the molecule is Cc1ccc(CNc2nc(C(C)(C)C)nc(Cl)c2C)cc1. The lowest BCUT2D eigenvalue weighted by molar-refractivity contribution is 0.545. The van der Waals surface area contributed by atoms with Gasteiger partial charge in [-0.2, -0.15) is 0 Å². The molecule has 0 radical (unpaired) electrons. The molecule has 1 aromatic heterocycles. The van der Waals surface area contributed by atoms with Crippen LogP contribution in [0.4, 0.5) is 5.82 Å². The van der Waals surface area contributed by atoms with Gasteiger partial charge in [-0.25, -0.2) is 9.97 Å². The van der Waals surface area contributed by atoms with Crippen molar-refractivity contribution in [1.29, 1.82) is 0 Å². The fraction of sp³-hybridized carbons (Fsp3) is 0.412. The normalized spacial score (nSPS) is 11.5. The van der Waals surface area contributed by atoms with Gasteiger partial charge in [0.15, 0.2) is 0 Å². The molecule has 1 N–H and O–H groups in total. The number of anilines is 1. The summed E-state index contributed by atoms with van der Waals surface area (Å²) in [6.45, 7) is 11.0. The van der Waals surface area contributed by atoms with Crippen LogP contribution in [-0.2, 0) is 12.0 Å². The summed E-state index contributed by atoms with van der Waals surface area (Å²) in [6, 6.07) is 8.45. The fourth-order valence-electron chi connectivity index (χ4n) is 1.89. The summed E-state index contributed by atoms with van der Waals surface area (Å²) in [5.41, 5.74) is 3.23. The Balaban J connectivity index is 2.23. The molecule has 0 spiro atoms. The Hall–Kier alpha value is -1.61. The second-order valence-corrected chi connectivity index (χ2v) is 6.76. The Morgan fingerprint density at radius 2 is 1.67 bits per heavy atom. The first-order valence-electron chi connectivity index (χ1n) is 7.11. The molecule has 0 fully saturated rings. The minimum atomic E-state index is -0.127. The summed E-state index contributed by atoms with van der Waals surface area (Å²) in [7, 11) is 0. The van der Waals surface area contributed by atoms with Gasteiger partial charge in [-0.15, -0.1) is 0 Å². The van der Waals surface area contributed by atoms with E-state index in [-0.39, 0.29) is 5.41 Å². The van der Waals surface area contributed by atoms with E-state index in [9.17, 15) is 0 Å². The molecule has 2 aromatic rings. The van der Waals surface area contributed by atoms with Crippen LogP contribution >= 0.6 is 11.6 Å². The Morgan fingerprint density at radius 3 is 2.24 bits per heavy atom. The second kappa shape index (κ2) is 6.02. The maximum absolute atomic E-state index is 6.24. The Kier molecular flexibility index (Phi) is 4.52. The van der Waals surface area contributed by atoms with Crippen LogP contribution in [0.3, 0.4) is 0 Å². The molecule has 0 unspecified atom stereocenters. The van der Waals surface area contributed by atoms with Crippen molar-refractivity contribution in [2.75, 3.05) is 5.32 Å². The monoisotopic (exact) mass is 303 g/mol. The molecular formula is C17H22ClN3. The second-order valence-electron chi connectivity index (χ2n) is 6.40. The molecular weight excluding hydrogens is 282 g/mol. The number of aryl methyl sites for hydroxylation is 1. The van der Waals surface area contributed by atoms with Crippen LogP contribution in [0.15, 0.2) is 24.3 Å². The molecule has 0 atom stereocenters. The summed E-state index contributed by atoms with van der Waals surface area (Å²) in [5, 5.41) is 3.88. The van der Waals surface area contributed by atoms with E-state index in [0.717, 1.165) is 23.8 Å². The Morgan fingerprint density at radius 1 is 1.05 bits per heavy atom. The first-order chi connectivity index (χ1) is 9.77. The predicted molar refractivity (Wildman–Crippen MR) is 89.0 cm³/mol. The number of halogens is 1. The van der Waals surface area contributed by atoms with Crippen LogP contribution in [0.2, 0.25) is 5.15 Å². The van der Waals surface area contributed by atoms with Gasteiger partial charge in [-0.05, 0) is 19.4 Å². The first kappa shape index (κ1) is 15.8. The van der Waals surface area contributed by atoms with E-state index < -0.39 is 0 Å². The van der Waals surface area contributed by atoms with E-state index in [1.54, 1.807) is 0 Å². The van der Waals surface area contributed by atoms with Gasteiger partial charge in [0.2, 0.25) is 0 Å². The highest BCUT2D eigenvalue weighted by Gasteiger charge is 2.20. The van der Waals surface area contributed by atoms with Crippen molar-refractivity contribution in [3.8, 4) is 0 Å². The molecule has 3 nitrogen and oxygen atoms in total. The van der Waals surface area contributed by atoms with Gasteiger partial charge in [-0.3, -0.25) is 0 Å². The zero-order valence-electron chi connectivity index (χ0n) is 13.3. The van der Waals surface area contributed by atoms with Gasteiger partial charge in [0.05, 0.1) is 0 Å². The van der Waals surface area contributed by atoms with Gasteiger partial charge in [0.1, 0.15) is 16.8 Å². The Labute approximate surface area is 131 Å². The molecule has 0 saturated carbocycles. The minimum absolute atomic E-state index is 0.127. The topological polar surface area (TPSA) is 37.8 Å². The lowest BCUT2D eigenvalue weighted by Crippen LogP contribution is -2.18. The average Bonchev–Trinajstić information content (AvgIpc) is 2.41. The maximum atomic E-state index is 6.24.